The highest BCUT2D eigenvalue weighted by Gasteiger charge is 2.09. The second-order valence-electron chi connectivity index (χ2n) is 4.40. The van der Waals surface area contributed by atoms with Crippen LogP contribution in [0.4, 0.5) is 5.69 Å². The minimum Gasteiger partial charge on any atom is -0.466 e. The third kappa shape index (κ3) is 4.08. The summed E-state index contributed by atoms with van der Waals surface area (Å²) in [6.45, 7) is 4.71. The molecule has 0 spiro atoms. The molecule has 6 nitrogen and oxygen atoms in total. The third-order valence-corrected chi connectivity index (χ3v) is 2.70. The van der Waals surface area contributed by atoms with Crippen LogP contribution in [0.1, 0.15) is 24.1 Å². The standard InChI is InChI=1S/C14H18N4O2/c1-3-20-14(19)8-12-16-13(18-17-12)9-15-11-6-4-10(2)5-7-11/h4-7,15H,3,8-9H2,1-2H3,(H,16,17,18). The van der Waals surface area contributed by atoms with Gasteiger partial charge in [-0.1, -0.05) is 17.7 Å². The number of aromatic amines is 1. The van der Waals surface area contributed by atoms with E-state index < -0.39 is 0 Å². The van der Waals surface area contributed by atoms with E-state index in [2.05, 4.69) is 20.5 Å². The van der Waals surface area contributed by atoms with Crippen LogP contribution >= 0.6 is 0 Å². The van der Waals surface area contributed by atoms with Gasteiger partial charge in [0.2, 0.25) is 0 Å². The second-order valence-corrected chi connectivity index (χ2v) is 4.40. The van der Waals surface area contributed by atoms with Gasteiger partial charge in [-0.2, -0.15) is 5.10 Å². The molecule has 106 valence electrons. The average molecular weight is 274 g/mol. The predicted octanol–water partition coefficient (Wildman–Crippen LogP) is 1.83. The van der Waals surface area contributed by atoms with Crippen molar-refractivity contribution in [3.63, 3.8) is 0 Å². The maximum atomic E-state index is 11.3. The van der Waals surface area contributed by atoms with Crippen molar-refractivity contribution in [2.45, 2.75) is 26.8 Å². The van der Waals surface area contributed by atoms with Crippen molar-refractivity contribution in [2.24, 2.45) is 0 Å². The summed E-state index contributed by atoms with van der Waals surface area (Å²) < 4.78 is 4.85. The molecular formula is C14H18N4O2. The van der Waals surface area contributed by atoms with Crippen LogP contribution in [0, 0.1) is 6.92 Å². The zero-order valence-electron chi connectivity index (χ0n) is 11.6. The summed E-state index contributed by atoms with van der Waals surface area (Å²) in [5.41, 5.74) is 2.23. The van der Waals surface area contributed by atoms with Crippen molar-refractivity contribution in [2.75, 3.05) is 11.9 Å². The highest BCUT2D eigenvalue weighted by molar-refractivity contribution is 5.71. The maximum Gasteiger partial charge on any atom is 0.313 e. The van der Waals surface area contributed by atoms with E-state index in [4.69, 9.17) is 4.74 Å². The first-order valence-electron chi connectivity index (χ1n) is 6.53. The molecule has 1 aromatic heterocycles. The first-order valence-corrected chi connectivity index (χ1v) is 6.53. The Morgan fingerprint density at radius 3 is 2.80 bits per heavy atom. The van der Waals surface area contributed by atoms with E-state index in [1.807, 2.05) is 31.2 Å². The van der Waals surface area contributed by atoms with Gasteiger partial charge in [-0.3, -0.25) is 9.89 Å². The fraction of sp³-hybridized carbons (Fsp3) is 0.357. The summed E-state index contributed by atoms with van der Waals surface area (Å²) in [5.74, 6) is 0.818. The Morgan fingerprint density at radius 1 is 1.35 bits per heavy atom. The molecule has 0 radical (unpaired) electrons. The molecule has 0 fully saturated rings. The van der Waals surface area contributed by atoms with E-state index in [0.717, 1.165) is 5.69 Å². The summed E-state index contributed by atoms with van der Waals surface area (Å²) in [4.78, 5) is 15.5. The van der Waals surface area contributed by atoms with Crippen LogP contribution in [-0.4, -0.2) is 27.8 Å². The molecule has 0 saturated heterocycles. The Kier molecular flexibility index (Phi) is 4.70. The molecule has 1 aromatic carbocycles. The monoisotopic (exact) mass is 274 g/mol. The molecule has 1 heterocycles. The van der Waals surface area contributed by atoms with Gasteiger partial charge in [0.05, 0.1) is 13.2 Å². The van der Waals surface area contributed by atoms with Gasteiger partial charge in [0, 0.05) is 5.69 Å². The largest absolute Gasteiger partial charge is 0.466 e. The number of H-pyrrole nitrogens is 1. The summed E-state index contributed by atoms with van der Waals surface area (Å²) in [6.07, 6.45) is 0.0921. The molecule has 6 heteroatoms. The normalized spacial score (nSPS) is 10.3. The van der Waals surface area contributed by atoms with Gasteiger partial charge in [-0.15, -0.1) is 0 Å². The van der Waals surface area contributed by atoms with Crippen molar-refractivity contribution in [3.05, 3.63) is 41.5 Å². The van der Waals surface area contributed by atoms with E-state index >= 15 is 0 Å². The lowest BCUT2D eigenvalue weighted by atomic mass is 10.2. The van der Waals surface area contributed by atoms with E-state index in [9.17, 15) is 4.79 Å². The minimum absolute atomic E-state index is 0.0921. The number of aryl methyl sites for hydroxylation is 1. The predicted molar refractivity (Wildman–Crippen MR) is 75.2 cm³/mol. The molecule has 0 atom stereocenters. The lowest BCUT2D eigenvalue weighted by Crippen LogP contribution is -2.08. The van der Waals surface area contributed by atoms with Crippen molar-refractivity contribution in [1.82, 2.24) is 15.2 Å². The van der Waals surface area contributed by atoms with Crippen LogP contribution in [-0.2, 0) is 22.5 Å². The number of benzene rings is 1. The first kappa shape index (κ1) is 14.0. The van der Waals surface area contributed by atoms with Gasteiger partial charge < -0.3 is 10.1 Å². The van der Waals surface area contributed by atoms with E-state index in [1.54, 1.807) is 6.92 Å². The number of rotatable bonds is 6. The minimum atomic E-state index is -0.315. The number of nitrogens with zero attached hydrogens (tertiary/aromatic N) is 2. The number of esters is 1. The molecule has 0 aliphatic rings. The fourth-order valence-electron chi connectivity index (χ4n) is 1.69. The Bertz CT molecular complexity index is 563. The lowest BCUT2D eigenvalue weighted by Gasteiger charge is -2.03. The summed E-state index contributed by atoms with van der Waals surface area (Å²) in [7, 11) is 0. The smallest absolute Gasteiger partial charge is 0.313 e. The molecule has 20 heavy (non-hydrogen) atoms. The fourth-order valence-corrected chi connectivity index (χ4v) is 1.69. The zero-order valence-corrected chi connectivity index (χ0v) is 11.6. The molecule has 0 saturated carbocycles. The number of hydrogen-bond donors (Lipinski definition) is 2. The van der Waals surface area contributed by atoms with Crippen LogP contribution in [0.15, 0.2) is 24.3 Å². The Morgan fingerprint density at radius 2 is 2.10 bits per heavy atom. The Balaban J connectivity index is 1.86. The molecular weight excluding hydrogens is 256 g/mol. The van der Waals surface area contributed by atoms with Gasteiger partial charge >= 0.3 is 5.97 Å². The molecule has 0 aliphatic heterocycles. The average Bonchev–Trinajstić information content (AvgIpc) is 2.86. The number of carbonyl (C=O) groups is 1. The van der Waals surface area contributed by atoms with Crippen molar-refractivity contribution in [3.8, 4) is 0 Å². The number of anilines is 1. The number of aromatic nitrogens is 3. The Hall–Kier alpha value is -2.37. The number of carbonyl (C=O) groups excluding carboxylic acids is 1. The van der Waals surface area contributed by atoms with Gasteiger partial charge in [-0.05, 0) is 26.0 Å². The maximum absolute atomic E-state index is 11.3. The lowest BCUT2D eigenvalue weighted by molar-refractivity contribution is -0.142. The highest BCUT2D eigenvalue weighted by Crippen LogP contribution is 2.09. The van der Waals surface area contributed by atoms with Crippen molar-refractivity contribution >= 4 is 11.7 Å². The second kappa shape index (κ2) is 6.70. The number of hydrogen-bond acceptors (Lipinski definition) is 5. The van der Waals surface area contributed by atoms with E-state index in [0.29, 0.717) is 24.8 Å². The first-order chi connectivity index (χ1) is 9.67. The molecule has 0 aliphatic carbocycles. The molecule has 0 bridgehead atoms. The molecule has 2 aromatic rings. The summed E-state index contributed by atoms with van der Waals surface area (Å²) in [5, 5.41) is 10.0. The van der Waals surface area contributed by atoms with Crippen molar-refractivity contribution in [1.29, 1.82) is 0 Å². The van der Waals surface area contributed by atoms with Gasteiger partial charge in [0.25, 0.3) is 0 Å². The topological polar surface area (TPSA) is 79.9 Å². The van der Waals surface area contributed by atoms with Crippen LogP contribution in [0.25, 0.3) is 0 Å². The van der Waals surface area contributed by atoms with E-state index in [1.165, 1.54) is 5.56 Å². The molecule has 2 rings (SSSR count). The number of ether oxygens (including phenoxy) is 1. The van der Waals surface area contributed by atoms with Gasteiger partial charge in [0.1, 0.15) is 12.2 Å². The number of nitrogens with one attached hydrogen (secondary N) is 2. The summed E-state index contributed by atoms with van der Waals surface area (Å²) in [6, 6.07) is 8.08. The Labute approximate surface area is 117 Å². The third-order valence-electron chi connectivity index (χ3n) is 2.70. The van der Waals surface area contributed by atoms with Crippen LogP contribution < -0.4 is 5.32 Å². The van der Waals surface area contributed by atoms with Gasteiger partial charge in [-0.25, -0.2) is 4.98 Å². The molecule has 0 unspecified atom stereocenters. The van der Waals surface area contributed by atoms with Gasteiger partial charge in [0.15, 0.2) is 5.82 Å². The van der Waals surface area contributed by atoms with Crippen LogP contribution in [0.2, 0.25) is 0 Å². The van der Waals surface area contributed by atoms with E-state index in [-0.39, 0.29) is 12.4 Å². The SMILES string of the molecule is CCOC(=O)Cc1n[nH]c(CNc2ccc(C)cc2)n1. The van der Waals surface area contributed by atoms with Crippen molar-refractivity contribution < 1.29 is 9.53 Å². The van der Waals surface area contributed by atoms with Crippen LogP contribution in [0.5, 0.6) is 0 Å². The molecule has 2 N–H and O–H groups in total. The quantitative estimate of drug-likeness (QED) is 0.786. The molecule has 0 amide bonds. The zero-order chi connectivity index (χ0) is 14.4. The van der Waals surface area contributed by atoms with Crippen LogP contribution in [0.3, 0.4) is 0 Å². The summed E-state index contributed by atoms with van der Waals surface area (Å²) >= 11 is 0. The highest BCUT2D eigenvalue weighted by atomic mass is 16.5.